The van der Waals surface area contributed by atoms with Crippen LogP contribution < -0.4 is 5.32 Å². The number of nitrogens with one attached hydrogen (secondary N) is 1. The van der Waals surface area contributed by atoms with Crippen molar-refractivity contribution in [2.75, 3.05) is 26.8 Å². The van der Waals surface area contributed by atoms with Gasteiger partial charge in [-0.2, -0.15) is 0 Å². The Morgan fingerprint density at radius 3 is 2.59 bits per heavy atom. The molecule has 4 atom stereocenters. The Kier molecular flexibility index (Phi) is 5.39. The van der Waals surface area contributed by atoms with Gasteiger partial charge in [-0.25, -0.2) is 0 Å². The van der Waals surface area contributed by atoms with Crippen molar-refractivity contribution in [2.45, 2.75) is 32.2 Å². The smallest absolute Gasteiger partial charge is 0.307 e. The highest BCUT2D eigenvalue weighted by Gasteiger charge is 2.51. The molecule has 2 fully saturated rings. The number of nitrogens with zero attached hydrogens (tertiary/aromatic N) is 1. The zero-order chi connectivity index (χ0) is 16.3. The standard InChI is InChI=1S/C15H24N2O5/c1-9-3-4-10(13(18)16-5-6-22-2)8-17(9)14(19)11-7-12(11)15(20)21/h9-12H,3-8H2,1-2H3,(H,16,18)(H,20,21). The lowest BCUT2D eigenvalue weighted by Crippen LogP contribution is -2.50. The Hall–Kier alpha value is -1.63. The van der Waals surface area contributed by atoms with Crippen LogP contribution in [0.3, 0.4) is 0 Å². The summed E-state index contributed by atoms with van der Waals surface area (Å²) in [5.41, 5.74) is 0. The highest BCUT2D eigenvalue weighted by Crippen LogP contribution is 2.41. The van der Waals surface area contributed by atoms with Crippen molar-refractivity contribution in [1.82, 2.24) is 10.2 Å². The Morgan fingerprint density at radius 2 is 2.00 bits per heavy atom. The molecule has 0 aromatic heterocycles. The van der Waals surface area contributed by atoms with E-state index in [4.69, 9.17) is 9.84 Å². The number of amides is 2. The van der Waals surface area contributed by atoms with Crippen molar-refractivity contribution in [1.29, 1.82) is 0 Å². The molecule has 7 heteroatoms. The van der Waals surface area contributed by atoms with Gasteiger partial charge in [0.05, 0.1) is 24.4 Å². The van der Waals surface area contributed by atoms with Gasteiger partial charge in [0.1, 0.15) is 0 Å². The van der Waals surface area contributed by atoms with Gasteiger partial charge in [0.25, 0.3) is 0 Å². The minimum absolute atomic E-state index is 0.0607. The van der Waals surface area contributed by atoms with Crippen molar-refractivity contribution in [3.8, 4) is 0 Å². The number of hydrogen-bond donors (Lipinski definition) is 2. The molecular weight excluding hydrogens is 288 g/mol. The van der Waals surface area contributed by atoms with E-state index in [1.807, 2.05) is 6.92 Å². The maximum Gasteiger partial charge on any atom is 0.307 e. The van der Waals surface area contributed by atoms with E-state index in [-0.39, 0.29) is 23.8 Å². The Morgan fingerprint density at radius 1 is 1.27 bits per heavy atom. The number of carbonyl (C=O) groups excluding carboxylic acids is 2. The summed E-state index contributed by atoms with van der Waals surface area (Å²) in [6, 6.07) is 0.0607. The van der Waals surface area contributed by atoms with E-state index in [9.17, 15) is 14.4 Å². The minimum atomic E-state index is -0.906. The zero-order valence-corrected chi connectivity index (χ0v) is 13.1. The van der Waals surface area contributed by atoms with Crippen molar-refractivity contribution < 1.29 is 24.2 Å². The fraction of sp³-hybridized carbons (Fsp3) is 0.800. The molecule has 7 nitrogen and oxygen atoms in total. The molecule has 2 rings (SSSR count). The summed E-state index contributed by atoms with van der Waals surface area (Å²) < 4.78 is 4.90. The van der Waals surface area contributed by atoms with E-state index in [0.29, 0.717) is 26.1 Å². The Labute approximate surface area is 130 Å². The van der Waals surface area contributed by atoms with Crippen LogP contribution in [0.2, 0.25) is 0 Å². The van der Waals surface area contributed by atoms with Gasteiger partial charge >= 0.3 is 5.97 Å². The first-order valence-electron chi connectivity index (χ1n) is 7.75. The van der Waals surface area contributed by atoms with Crippen molar-refractivity contribution in [2.24, 2.45) is 17.8 Å². The van der Waals surface area contributed by atoms with Crippen LogP contribution in [0.1, 0.15) is 26.2 Å². The topological polar surface area (TPSA) is 95.9 Å². The van der Waals surface area contributed by atoms with E-state index in [0.717, 1.165) is 12.8 Å². The third-order valence-corrected chi connectivity index (χ3v) is 4.57. The number of carboxylic acids is 1. The predicted octanol–water partition coefficient (Wildman–Crippen LogP) is 0.0968. The first-order valence-corrected chi connectivity index (χ1v) is 7.75. The molecule has 0 radical (unpaired) electrons. The number of ether oxygens (including phenoxy) is 1. The molecule has 2 aliphatic rings. The summed E-state index contributed by atoms with van der Waals surface area (Å²) >= 11 is 0. The summed E-state index contributed by atoms with van der Waals surface area (Å²) in [5.74, 6) is -2.26. The minimum Gasteiger partial charge on any atom is -0.481 e. The van der Waals surface area contributed by atoms with Crippen LogP contribution >= 0.6 is 0 Å². The van der Waals surface area contributed by atoms with Crippen LogP contribution in [0, 0.1) is 17.8 Å². The van der Waals surface area contributed by atoms with Gasteiger partial charge in [-0.15, -0.1) is 0 Å². The van der Waals surface area contributed by atoms with Gasteiger partial charge in [-0.1, -0.05) is 0 Å². The van der Waals surface area contributed by atoms with Crippen LogP contribution in [0.25, 0.3) is 0 Å². The monoisotopic (exact) mass is 312 g/mol. The molecule has 1 aliphatic carbocycles. The number of carboxylic acid groups (broad SMARTS) is 1. The van der Waals surface area contributed by atoms with Crippen LogP contribution in [0.5, 0.6) is 0 Å². The second kappa shape index (κ2) is 7.09. The number of likely N-dealkylation sites (tertiary alicyclic amines) is 1. The molecule has 0 bridgehead atoms. The van der Waals surface area contributed by atoms with Crippen molar-refractivity contribution in [3.63, 3.8) is 0 Å². The normalized spacial score (nSPS) is 30.7. The first-order chi connectivity index (χ1) is 10.5. The van der Waals surface area contributed by atoms with Crippen LogP contribution in [0.15, 0.2) is 0 Å². The molecule has 1 heterocycles. The number of hydrogen-bond acceptors (Lipinski definition) is 4. The third-order valence-electron chi connectivity index (χ3n) is 4.57. The summed E-state index contributed by atoms with van der Waals surface area (Å²) in [6.07, 6.45) is 1.93. The lowest BCUT2D eigenvalue weighted by atomic mass is 9.92. The van der Waals surface area contributed by atoms with Crippen LogP contribution in [-0.4, -0.2) is 60.6 Å². The third kappa shape index (κ3) is 3.76. The molecule has 1 aliphatic heterocycles. The number of carbonyl (C=O) groups is 3. The van der Waals surface area contributed by atoms with E-state index in [2.05, 4.69) is 5.32 Å². The number of piperidine rings is 1. The molecule has 2 N–H and O–H groups in total. The number of aliphatic carboxylic acids is 1. The zero-order valence-electron chi connectivity index (χ0n) is 13.1. The summed E-state index contributed by atoms with van der Waals surface area (Å²) in [6.45, 7) is 3.25. The van der Waals surface area contributed by atoms with E-state index in [1.165, 1.54) is 0 Å². The average molecular weight is 312 g/mol. The van der Waals surface area contributed by atoms with Gasteiger partial charge in [0, 0.05) is 26.2 Å². The van der Waals surface area contributed by atoms with Gasteiger partial charge in [-0.05, 0) is 26.2 Å². The molecule has 0 spiro atoms. The first kappa shape index (κ1) is 16.7. The van der Waals surface area contributed by atoms with Crippen LogP contribution in [0.4, 0.5) is 0 Å². The maximum atomic E-state index is 12.4. The summed E-state index contributed by atoms with van der Waals surface area (Å²) in [7, 11) is 1.57. The highest BCUT2D eigenvalue weighted by molar-refractivity contribution is 5.90. The van der Waals surface area contributed by atoms with E-state index < -0.39 is 17.8 Å². The fourth-order valence-corrected chi connectivity index (χ4v) is 3.00. The van der Waals surface area contributed by atoms with Gasteiger partial charge in [0.15, 0.2) is 0 Å². The largest absolute Gasteiger partial charge is 0.481 e. The molecule has 22 heavy (non-hydrogen) atoms. The van der Waals surface area contributed by atoms with E-state index >= 15 is 0 Å². The average Bonchev–Trinajstić information content (AvgIpc) is 3.28. The molecule has 0 aromatic carbocycles. The van der Waals surface area contributed by atoms with E-state index in [1.54, 1.807) is 12.0 Å². The molecule has 1 saturated carbocycles. The van der Waals surface area contributed by atoms with Crippen molar-refractivity contribution >= 4 is 17.8 Å². The lowest BCUT2D eigenvalue weighted by molar-refractivity contribution is -0.144. The predicted molar refractivity (Wildman–Crippen MR) is 78.0 cm³/mol. The van der Waals surface area contributed by atoms with Gasteiger partial charge < -0.3 is 20.1 Å². The summed E-state index contributed by atoms with van der Waals surface area (Å²) in [5, 5.41) is 11.8. The highest BCUT2D eigenvalue weighted by atomic mass is 16.5. The quantitative estimate of drug-likeness (QED) is 0.678. The SMILES string of the molecule is COCCNC(=O)C1CCC(C)N(C(=O)C2CC2C(=O)O)C1. The molecule has 4 unspecified atom stereocenters. The molecule has 0 aromatic rings. The molecule has 2 amide bonds. The Bertz CT molecular complexity index is 453. The van der Waals surface area contributed by atoms with Crippen LogP contribution in [-0.2, 0) is 19.1 Å². The Balaban J connectivity index is 1.89. The molecule has 1 saturated heterocycles. The lowest BCUT2D eigenvalue weighted by Gasteiger charge is -2.37. The number of methoxy groups -OCH3 is 1. The second-order valence-corrected chi connectivity index (χ2v) is 6.18. The van der Waals surface area contributed by atoms with Gasteiger partial charge in [-0.3, -0.25) is 14.4 Å². The molecular formula is C15H24N2O5. The number of rotatable bonds is 6. The van der Waals surface area contributed by atoms with Gasteiger partial charge in [0.2, 0.25) is 11.8 Å². The maximum absolute atomic E-state index is 12.4. The molecule has 124 valence electrons. The fourth-order valence-electron chi connectivity index (χ4n) is 3.00. The summed E-state index contributed by atoms with van der Waals surface area (Å²) in [4.78, 5) is 37.1. The second-order valence-electron chi connectivity index (χ2n) is 6.18. The van der Waals surface area contributed by atoms with Crippen molar-refractivity contribution in [3.05, 3.63) is 0 Å².